The van der Waals surface area contributed by atoms with E-state index >= 15 is 0 Å². The summed E-state index contributed by atoms with van der Waals surface area (Å²) in [5.74, 6) is 0.321. The molecular weight excluding hydrogens is 252 g/mol. The second-order valence-corrected chi connectivity index (χ2v) is 5.50. The van der Waals surface area contributed by atoms with E-state index in [4.69, 9.17) is 0 Å². The van der Waals surface area contributed by atoms with Gasteiger partial charge in [0.2, 0.25) is 0 Å². The third kappa shape index (κ3) is 2.65. The predicted octanol–water partition coefficient (Wildman–Crippen LogP) is 2.08. The molecule has 1 fully saturated rings. The van der Waals surface area contributed by atoms with Crippen molar-refractivity contribution >= 4 is 16.8 Å². The lowest BCUT2D eigenvalue weighted by Crippen LogP contribution is -2.35. The fourth-order valence-corrected chi connectivity index (χ4v) is 2.42. The van der Waals surface area contributed by atoms with Gasteiger partial charge in [-0.15, -0.1) is 0 Å². The second-order valence-electron chi connectivity index (χ2n) is 5.50. The van der Waals surface area contributed by atoms with Gasteiger partial charge in [-0.1, -0.05) is 6.07 Å². The van der Waals surface area contributed by atoms with Gasteiger partial charge in [0, 0.05) is 30.7 Å². The van der Waals surface area contributed by atoms with Crippen LogP contribution in [0.15, 0.2) is 36.5 Å². The van der Waals surface area contributed by atoms with Crippen LogP contribution in [-0.2, 0) is 0 Å². The summed E-state index contributed by atoms with van der Waals surface area (Å²) in [7, 11) is 1.74. The van der Waals surface area contributed by atoms with E-state index in [1.165, 1.54) is 0 Å². The Morgan fingerprint density at radius 1 is 1.45 bits per heavy atom. The SMILES string of the molecule is CN(CC(O)C1CC1)C(=O)c1ccc2ncccc2c1. The van der Waals surface area contributed by atoms with Gasteiger partial charge >= 0.3 is 0 Å². The number of carbonyl (C=O) groups excluding carboxylic acids is 1. The molecule has 1 aromatic heterocycles. The quantitative estimate of drug-likeness (QED) is 0.925. The van der Waals surface area contributed by atoms with Gasteiger partial charge in [0.1, 0.15) is 0 Å². The Bertz CT molecular complexity index is 637. The third-order valence-electron chi connectivity index (χ3n) is 3.82. The van der Waals surface area contributed by atoms with Crippen molar-refractivity contribution in [3.05, 3.63) is 42.1 Å². The summed E-state index contributed by atoms with van der Waals surface area (Å²) in [5, 5.41) is 10.9. The van der Waals surface area contributed by atoms with Crippen LogP contribution in [0.1, 0.15) is 23.2 Å². The predicted molar refractivity (Wildman–Crippen MR) is 77.4 cm³/mol. The zero-order chi connectivity index (χ0) is 14.1. The molecule has 0 spiro atoms. The number of hydrogen-bond acceptors (Lipinski definition) is 3. The monoisotopic (exact) mass is 270 g/mol. The van der Waals surface area contributed by atoms with Crippen LogP contribution in [0.4, 0.5) is 0 Å². The number of benzene rings is 1. The van der Waals surface area contributed by atoms with Crippen LogP contribution < -0.4 is 0 Å². The van der Waals surface area contributed by atoms with Crippen molar-refractivity contribution in [2.75, 3.05) is 13.6 Å². The number of likely N-dealkylation sites (N-methyl/N-ethyl adjacent to an activating group) is 1. The maximum absolute atomic E-state index is 12.4. The maximum Gasteiger partial charge on any atom is 0.253 e. The smallest absolute Gasteiger partial charge is 0.253 e. The first-order chi connectivity index (χ1) is 9.65. The van der Waals surface area contributed by atoms with Gasteiger partial charge in [-0.2, -0.15) is 0 Å². The Morgan fingerprint density at radius 3 is 3.00 bits per heavy atom. The van der Waals surface area contributed by atoms with Crippen molar-refractivity contribution in [2.24, 2.45) is 5.92 Å². The highest BCUT2D eigenvalue weighted by Gasteiger charge is 2.31. The minimum absolute atomic E-state index is 0.0598. The number of carbonyl (C=O) groups is 1. The average molecular weight is 270 g/mol. The molecule has 1 saturated carbocycles. The first-order valence-electron chi connectivity index (χ1n) is 6.93. The summed E-state index contributed by atoms with van der Waals surface area (Å²) < 4.78 is 0. The Labute approximate surface area is 118 Å². The van der Waals surface area contributed by atoms with Crippen molar-refractivity contribution in [3.8, 4) is 0 Å². The zero-order valence-electron chi connectivity index (χ0n) is 11.5. The van der Waals surface area contributed by atoms with Gasteiger partial charge in [0.15, 0.2) is 0 Å². The molecule has 0 bridgehead atoms. The van der Waals surface area contributed by atoms with E-state index in [1.54, 1.807) is 24.2 Å². The summed E-state index contributed by atoms with van der Waals surface area (Å²) in [6.07, 6.45) is 3.49. The lowest BCUT2D eigenvalue weighted by Gasteiger charge is -2.21. The number of rotatable bonds is 4. The summed E-state index contributed by atoms with van der Waals surface area (Å²) in [6.45, 7) is 0.397. The van der Waals surface area contributed by atoms with E-state index in [0.717, 1.165) is 23.7 Å². The van der Waals surface area contributed by atoms with Crippen LogP contribution in [-0.4, -0.2) is 40.6 Å². The lowest BCUT2D eigenvalue weighted by molar-refractivity contribution is 0.0645. The van der Waals surface area contributed by atoms with Gasteiger partial charge in [-0.3, -0.25) is 9.78 Å². The summed E-state index contributed by atoms with van der Waals surface area (Å²) >= 11 is 0. The number of hydrogen-bond donors (Lipinski definition) is 1. The van der Waals surface area contributed by atoms with Gasteiger partial charge in [0.25, 0.3) is 5.91 Å². The average Bonchev–Trinajstić information content (AvgIpc) is 3.30. The van der Waals surface area contributed by atoms with E-state index in [9.17, 15) is 9.90 Å². The minimum Gasteiger partial charge on any atom is -0.391 e. The standard InChI is InChI=1S/C16H18N2O2/c1-18(10-15(19)11-4-5-11)16(20)13-6-7-14-12(9-13)3-2-8-17-14/h2-3,6-9,11,15,19H,4-5,10H2,1H3. The number of aliphatic hydroxyl groups excluding tert-OH is 1. The van der Waals surface area contributed by atoms with E-state index in [2.05, 4.69) is 4.98 Å². The molecule has 1 aromatic carbocycles. The molecule has 0 saturated heterocycles. The Balaban J connectivity index is 1.76. The number of nitrogens with zero attached hydrogens (tertiary/aromatic N) is 2. The second kappa shape index (κ2) is 5.21. The van der Waals surface area contributed by atoms with Crippen LogP contribution in [0, 0.1) is 5.92 Å². The molecule has 1 atom stereocenters. The van der Waals surface area contributed by atoms with E-state index in [0.29, 0.717) is 18.0 Å². The number of pyridine rings is 1. The third-order valence-corrected chi connectivity index (χ3v) is 3.82. The largest absolute Gasteiger partial charge is 0.391 e. The van der Waals surface area contributed by atoms with E-state index in [1.807, 2.05) is 24.3 Å². The topological polar surface area (TPSA) is 53.4 Å². The van der Waals surface area contributed by atoms with Crippen LogP contribution >= 0.6 is 0 Å². The number of aromatic nitrogens is 1. The lowest BCUT2D eigenvalue weighted by atomic mass is 10.1. The molecule has 1 aliphatic rings. The van der Waals surface area contributed by atoms with Crippen LogP contribution in [0.2, 0.25) is 0 Å². The fraction of sp³-hybridized carbons (Fsp3) is 0.375. The minimum atomic E-state index is -0.397. The molecule has 1 aliphatic carbocycles. The van der Waals surface area contributed by atoms with Crippen molar-refractivity contribution in [1.29, 1.82) is 0 Å². The summed E-state index contributed by atoms with van der Waals surface area (Å²) in [5.41, 5.74) is 1.51. The maximum atomic E-state index is 12.4. The molecule has 1 unspecified atom stereocenters. The molecule has 1 amide bonds. The van der Waals surface area contributed by atoms with E-state index < -0.39 is 6.10 Å². The van der Waals surface area contributed by atoms with Crippen molar-refractivity contribution in [1.82, 2.24) is 9.88 Å². The van der Waals surface area contributed by atoms with Gasteiger partial charge in [0.05, 0.1) is 11.6 Å². The number of fused-ring (bicyclic) bond motifs is 1. The molecule has 2 aromatic rings. The van der Waals surface area contributed by atoms with Crippen molar-refractivity contribution in [2.45, 2.75) is 18.9 Å². The molecule has 0 radical (unpaired) electrons. The van der Waals surface area contributed by atoms with Crippen molar-refractivity contribution < 1.29 is 9.90 Å². The molecule has 3 rings (SSSR count). The van der Waals surface area contributed by atoms with Gasteiger partial charge in [-0.05, 0) is 43.0 Å². The molecule has 1 N–H and O–H groups in total. The van der Waals surface area contributed by atoms with Crippen LogP contribution in [0.3, 0.4) is 0 Å². The Morgan fingerprint density at radius 2 is 2.25 bits per heavy atom. The summed E-state index contributed by atoms with van der Waals surface area (Å²) in [6, 6.07) is 9.30. The first kappa shape index (κ1) is 13.1. The van der Waals surface area contributed by atoms with Crippen LogP contribution in [0.25, 0.3) is 10.9 Å². The highest BCUT2D eigenvalue weighted by atomic mass is 16.3. The number of aliphatic hydroxyl groups is 1. The van der Waals surface area contributed by atoms with E-state index in [-0.39, 0.29) is 5.91 Å². The molecule has 4 nitrogen and oxygen atoms in total. The van der Waals surface area contributed by atoms with Crippen molar-refractivity contribution in [3.63, 3.8) is 0 Å². The molecule has 20 heavy (non-hydrogen) atoms. The molecule has 104 valence electrons. The highest BCUT2D eigenvalue weighted by Crippen LogP contribution is 2.32. The Hall–Kier alpha value is -1.94. The normalized spacial score (nSPS) is 16.1. The highest BCUT2D eigenvalue weighted by molar-refractivity contribution is 5.97. The van der Waals surface area contributed by atoms with Gasteiger partial charge < -0.3 is 10.0 Å². The Kier molecular flexibility index (Phi) is 3.40. The number of amides is 1. The molecule has 4 heteroatoms. The molecular formula is C16H18N2O2. The molecule has 0 aliphatic heterocycles. The summed E-state index contributed by atoms with van der Waals surface area (Å²) in [4.78, 5) is 18.2. The zero-order valence-corrected chi connectivity index (χ0v) is 11.5. The van der Waals surface area contributed by atoms with Crippen LogP contribution in [0.5, 0.6) is 0 Å². The fourth-order valence-electron chi connectivity index (χ4n) is 2.42. The first-order valence-corrected chi connectivity index (χ1v) is 6.93. The molecule has 1 heterocycles. The van der Waals surface area contributed by atoms with Gasteiger partial charge in [-0.25, -0.2) is 0 Å².